The van der Waals surface area contributed by atoms with Crippen LogP contribution >= 0.6 is 0 Å². The standard InChI is InChI=1S/C22H31N3O4/c1-14-21-16(10-22(2,3)11-18(21)26)24-15-8-6-7-9-17(15)25(14)13-19(27)23-12-20(28-4)29-5/h6-9,14,20,24H,10-13H2,1-5H3,(H,23,27). The van der Waals surface area contributed by atoms with Crippen LogP contribution in [0, 0.1) is 5.41 Å². The van der Waals surface area contributed by atoms with Crippen LogP contribution in [0.5, 0.6) is 0 Å². The van der Waals surface area contributed by atoms with Crippen LogP contribution in [0.1, 0.15) is 33.6 Å². The van der Waals surface area contributed by atoms with Crippen molar-refractivity contribution in [2.24, 2.45) is 5.41 Å². The monoisotopic (exact) mass is 401 g/mol. The molecule has 1 amide bonds. The summed E-state index contributed by atoms with van der Waals surface area (Å²) in [6, 6.07) is 7.66. The van der Waals surface area contributed by atoms with Crippen LogP contribution in [0.2, 0.25) is 0 Å². The maximum atomic E-state index is 13.0. The highest BCUT2D eigenvalue weighted by atomic mass is 16.7. The number of ether oxygens (including phenoxy) is 2. The van der Waals surface area contributed by atoms with Gasteiger partial charge in [-0.05, 0) is 30.9 Å². The molecular weight excluding hydrogens is 370 g/mol. The van der Waals surface area contributed by atoms with Crippen LogP contribution in [-0.2, 0) is 19.1 Å². The molecule has 2 aliphatic rings. The summed E-state index contributed by atoms with van der Waals surface area (Å²) in [6.07, 6.45) is 0.819. The summed E-state index contributed by atoms with van der Waals surface area (Å²) < 4.78 is 10.3. The van der Waals surface area contributed by atoms with Gasteiger partial charge in [0.1, 0.15) is 0 Å². The number of benzene rings is 1. The van der Waals surface area contributed by atoms with Crippen molar-refractivity contribution in [2.75, 3.05) is 37.5 Å². The number of nitrogens with zero attached hydrogens (tertiary/aromatic N) is 1. The Morgan fingerprint density at radius 1 is 1.28 bits per heavy atom. The van der Waals surface area contributed by atoms with Crippen LogP contribution in [0.15, 0.2) is 35.5 Å². The summed E-state index contributed by atoms with van der Waals surface area (Å²) in [6.45, 7) is 6.62. The zero-order valence-electron chi connectivity index (χ0n) is 17.9. The molecule has 1 aliphatic heterocycles. The summed E-state index contributed by atoms with van der Waals surface area (Å²) in [5.41, 5.74) is 3.48. The third-order valence-corrected chi connectivity index (χ3v) is 5.61. The molecule has 1 aromatic carbocycles. The van der Waals surface area contributed by atoms with Gasteiger partial charge in [0, 0.05) is 31.9 Å². The molecule has 1 atom stereocenters. The zero-order chi connectivity index (χ0) is 21.2. The molecule has 1 aromatic rings. The Hall–Kier alpha value is -2.38. The fraction of sp³-hybridized carbons (Fsp3) is 0.545. The number of carbonyl (C=O) groups is 2. The Morgan fingerprint density at radius 3 is 2.66 bits per heavy atom. The molecule has 7 heteroatoms. The van der Waals surface area contributed by atoms with Gasteiger partial charge >= 0.3 is 0 Å². The highest BCUT2D eigenvalue weighted by molar-refractivity contribution is 6.01. The van der Waals surface area contributed by atoms with Gasteiger partial charge in [-0.1, -0.05) is 26.0 Å². The lowest BCUT2D eigenvalue weighted by atomic mass is 9.74. The second kappa shape index (κ2) is 8.55. The van der Waals surface area contributed by atoms with Crippen LogP contribution in [0.3, 0.4) is 0 Å². The van der Waals surface area contributed by atoms with Crippen molar-refractivity contribution in [2.45, 2.75) is 45.9 Å². The zero-order valence-corrected chi connectivity index (χ0v) is 17.9. The Bertz CT molecular complexity index is 814. The Labute approximate surface area is 172 Å². The van der Waals surface area contributed by atoms with Gasteiger partial charge in [-0.15, -0.1) is 0 Å². The van der Waals surface area contributed by atoms with Crippen molar-refractivity contribution in [1.82, 2.24) is 5.32 Å². The molecule has 1 aliphatic carbocycles. The maximum absolute atomic E-state index is 13.0. The third-order valence-electron chi connectivity index (χ3n) is 5.61. The van der Waals surface area contributed by atoms with E-state index in [9.17, 15) is 9.59 Å². The molecule has 0 radical (unpaired) electrons. The predicted octanol–water partition coefficient (Wildman–Crippen LogP) is 2.69. The molecule has 0 spiro atoms. The van der Waals surface area contributed by atoms with Crippen molar-refractivity contribution in [3.05, 3.63) is 35.5 Å². The number of rotatable bonds is 6. The van der Waals surface area contributed by atoms with E-state index in [0.29, 0.717) is 6.42 Å². The average Bonchev–Trinajstić information content (AvgIpc) is 2.76. The van der Waals surface area contributed by atoms with Gasteiger partial charge in [-0.3, -0.25) is 9.59 Å². The first-order valence-corrected chi connectivity index (χ1v) is 9.97. The van der Waals surface area contributed by atoms with Crippen molar-refractivity contribution in [3.63, 3.8) is 0 Å². The van der Waals surface area contributed by atoms with E-state index < -0.39 is 6.29 Å². The van der Waals surface area contributed by atoms with Crippen LogP contribution < -0.4 is 15.5 Å². The van der Waals surface area contributed by atoms with Crippen molar-refractivity contribution < 1.29 is 19.1 Å². The van der Waals surface area contributed by atoms with E-state index in [1.165, 1.54) is 14.2 Å². The number of nitrogens with one attached hydrogen (secondary N) is 2. The van der Waals surface area contributed by atoms with Crippen LogP contribution in [-0.4, -0.2) is 51.3 Å². The first-order valence-electron chi connectivity index (χ1n) is 9.97. The summed E-state index contributed by atoms with van der Waals surface area (Å²) in [5.74, 6) is -0.00770. The molecule has 3 rings (SSSR count). The SMILES string of the molecule is COC(CNC(=O)CN1c2ccccc2NC2=C(C(=O)CC(C)(C)C2)C1C)OC. The van der Waals surface area contributed by atoms with E-state index in [1.54, 1.807) is 0 Å². The lowest BCUT2D eigenvalue weighted by molar-refractivity contribution is -0.126. The number of fused-ring (bicyclic) bond motifs is 1. The van der Waals surface area contributed by atoms with Crippen LogP contribution in [0.4, 0.5) is 11.4 Å². The van der Waals surface area contributed by atoms with Gasteiger partial charge in [0.05, 0.1) is 30.5 Å². The van der Waals surface area contributed by atoms with E-state index in [2.05, 4.69) is 24.5 Å². The number of amides is 1. The summed E-state index contributed by atoms with van der Waals surface area (Å²) >= 11 is 0. The first-order chi connectivity index (χ1) is 13.8. The fourth-order valence-electron chi connectivity index (χ4n) is 4.18. The second-order valence-corrected chi connectivity index (χ2v) is 8.48. The average molecular weight is 402 g/mol. The smallest absolute Gasteiger partial charge is 0.239 e. The van der Waals surface area contributed by atoms with Gasteiger partial charge < -0.3 is 25.0 Å². The minimum Gasteiger partial charge on any atom is -0.357 e. The summed E-state index contributed by atoms with van der Waals surface area (Å²) in [4.78, 5) is 27.7. The van der Waals surface area contributed by atoms with Gasteiger partial charge in [-0.25, -0.2) is 0 Å². The van der Waals surface area contributed by atoms with Crippen molar-refractivity contribution in [3.8, 4) is 0 Å². The molecule has 1 unspecified atom stereocenters. The number of methoxy groups -OCH3 is 2. The molecule has 158 valence electrons. The van der Waals surface area contributed by atoms with Crippen LogP contribution in [0.25, 0.3) is 0 Å². The maximum Gasteiger partial charge on any atom is 0.239 e. The molecule has 0 fully saturated rings. The minimum absolute atomic E-state index is 0.0839. The van der Waals surface area contributed by atoms with Gasteiger partial charge in [0.15, 0.2) is 12.1 Å². The summed E-state index contributed by atoms with van der Waals surface area (Å²) in [7, 11) is 3.06. The molecule has 0 bridgehead atoms. The molecular formula is C22H31N3O4. The number of carbonyl (C=O) groups excluding carboxylic acids is 2. The topological polar surface area (TPSA) is 79.9 Å². The molecule has 29 heavy (non-hydrogen) atoms. The molecule has 0 aromatic heterocycles. The Balaban J connectivity index is 1.89. The lowest BCUT2D eigenvalue weighted by Crippen LogP contribution is -2.46. The van der Waals surface area contributed by atoms with E-state index in [-0.39, 0.29) is 36.2 Å². The number of ketones is 1. The number of Topliss-reactive ketones (excluding diaryl/α,β-unsaturated/α-hetero) is 1. The van der Waals surface area contributed by atoms with Gasteiger partial charge in [0.25, 0.3) is 0 Å². The number of allylic oxidation sites excluding steroid dienone is 1. The van der Waals surface area contributed by atoms with E-state index >= 15 is 0 Å². The normalized spacial score (nSPS) is 20.7. The molecule has 0 saturated carbocycles. The third kappa shape index (κ3) is 4.62. The van der Waals surface area contributed by atoms with E-state index in [1.807, 2.05) is 36.1 Å². The van der Waals surface area contributed by atoms with E-state index in [0.717, 1.165) is 29.1 Å². The first kappa shape index (κ1) is 21.3. The van der Waals surface area contributed by atoms with Gasteiger partial charge in [-0.2, -0.15) is 0 Å². The largest absolute Gasteiger partial charge is 0.357 e. The number of anilines is 2. The second-order valence-electron chi connectivity index (χ2n) is 8.48. The van der Waals surface area contributed by atoms with Gasteiger partial charge in [0.2, 0.25) is 5.91 Å². The highest BCUT2D eigenvalue weighted by Crippen LogP contribution is 2.43. The van der Waals surface area contributed by atoms with E-state index in [4.69, 9.17) is 9.47 Å². The predicted molar refractivity (Wildman–Crippen MR) is 113 cm³/mol. The van der Waals surface area contributed by atoms with Crippen molar-refractivity contribution >= 4 is 23.1 Å². The Morgan fingerprint density at radius 2 is 1.97 bits per heavy atom. The minimum atomic E-state index is -0.495. The fourth-order valence-corrected chi connectivity index (χ4v) is 4.18. The number of para-hydroxylation sites is 2. The Kier molecular flexibility index (Phi) is 6.29. The summed E-state index contributed by atoms with van der Waals surface area (Å²) in [5, 5.41) is 6.34. The lowest BCUT2D eigenvalue weighted by Gasteiger charge is -2.36. The molecule has 2 N–H and O–H groups in total. The quantitative estimate of drug-likeness (QED) is 0.714. The number of hydrogen-bond donors (Lipinski definition) is 2. The molecule has 0 saturated heterocycles. The highest BCUT2D eigenvalue weighted by Gasteiger charge is 2.39. The van der Waals surface area contributed by atoms with Crippen molar-refractivity contribution in [1.29, 1.82) is 0 Å². The molecule has 1 heterocycles. The molecule has 7 nitrogen and oxygen atoms in total. The number of hydrogen-bond acceptors (Lipinski definition) is 6.